The van der Waals surface area contributed by atoms with Crippen molar-refractivity contribution < 1.29 is 50.7 Å². The number of unbranched alkanes of at least 4 members (excludes halogenated alkanes) is 1. The maximum absolute atomic E-state index is 13.9. The first-order valence-corrected chi connectivity index (χ1v) is 39.4. The number of aryl methyl sites for hydroxylation is 1. The summed E-state index contributed by atoms with van der Waals surface area (Å²) in [6.07, 6.45) is 9.75. The standard InChI is InChI=1S/C75H96B2N7O10S2Si/c1-49(2)70(85)23-18-19-37-83(46-55-40-59(96(92,93)82(12)13)30-35-71(55)94-76-87)48-68-61-22-17-16-21-60(61)67(47-84(38-20-36-78-75(86)50(3)4)45-54-39-58(95(90,91)81(10)11)29-34-69(54)77(88)89)62-31-26-53(42-66(62)68)52-25-24-51(5)65(41-52)74-63-32-27-56(79(6)7)43-72(63)97(14,15)73-44-57(80(8)9)28-33-64(73)74/h16-17,21-22,24-28,30-33,35,40-44,54,58,69,87-89H,1,3,18-20,23,29,34,36-39,45-48H2,2,4-15H3/p+1. The van der Waals surface area contributed by atoms with Gasteiger partial charge in [0.05, 0.1) is 10.1 Å². The van der Waals surface area contributed by atoms with E-state index in [2.05, 4.69) is 171 Å². The number of sulfonamides is 2. The first-order valence-electron chi connectivity index (χ1n) is 33.5. The molecule has 1 aliphatic heterocycles. The molecule has 513 valence electrons. The van der Waals surface area contributed by atoms with Gasteiger partial charge in [0.15, 0.2) is 11.5 Å². The van der Waals surface area contributed by atoms with Crippen LogP contribution in [-0.4, -0.2) is 183 Å². The first kappa shape index (κ1) is 74.1. The van der Waals surface area contributed by atoms with Crippen LogP contribution >= 0.6 is 0 Å². The average molecular weight is 1370 g/mol. The van der Waals surface area contributed by atoms with Crippen LogP contribution in [0.4, 0.5) is 5.69 Å². The van der Waals surface area contributed by atoms with E-state index in [0.717, 1.165) is 70.6 Å². The number of carbonyl (C=O) groups excluding carboxylic acids is 2. The van der Waals surface area contributed by atoms with Crippen LogP contribution < -0.4 is 20.1 Å². The summed E-state index contributed by atoms with van der Waals surface area (Å²) in [5.41, 5.74) is 13.5. The number of fused-ring (bicyclic) bond motifs is 4. The van der Waals surface area contributed by atoms with E-state index in [0.29, 0.717) is 102 Å². The maximum atomic E-state index is 13.9. The highest BCUT2D eigenvalue weighted by atomic mass is 32.2. The normalized spacial score (nSPS) is 17.0. The topological polar surface area (TPSA) is 204 Å². The molecule has 17 nitrogen and oxygen atoms in total. The van der Waals surface area contributed by atoms with Crippen molar-refractivity contribution in [1.29, 1.82) is 0 Å². The largest absolute Gasteiger partial charge is 0.569 e. The summed E-state index contributed by atoms with van der Waals surface area (Å²) in [7, 11) is 3.40. The van der Waals surface area contributed by atoms with Gasteiger partial charge in [-0.3, -0.25) is 19.4 Å². The number of rotatable bonds is 29. The molecule has 1 amide bonds. The Morgan fingerprint density at radius 1 is 0.742 bits per heavy atom. The molecule has 6 aromatic carbocycles. The van der Waals surface area contributed by atoms with E-state index >= 15 is 0 Å². The molecule has 6 aromatic rings. The third kappa shape index (κ3) is 16.3. The van der Waals surface area contributed by atoms with Gasteiger partial charge in [0.1, 0.15) is 27.9 Å². The van der Waals surface area contributed by atoms with E-state index in [1.165, 1.54) is 65.7 Å². The lowest BCUT2D eigenvalue weighted by Crippen LogP contribution is -2.49. The Kier molecular flexibility index (Phi) is 23.7. The third-order valence-corrected chi connectivity index (χ3v) is 27.5. The molecule has 0 aromatic heterocycles. The molecule has 1 saturated carbocycles. The molecule has 0 saturated heterocycles. The minimum Gasteiger partial charge on any atom is -0.537 e. The van der Waals surface area contributed by atoms with Gasteiger partial charge in [0.2, 0.25) is 26.0 Å². The van der Waals surface area contributed by atoms with E-state index in [1.54, 1.807) is 26.0 Å². The molecule has 9 rings (SSSR count). The molecule has 2 aliphatic carbocycles. The number of nitrogens with one attached hydrogen (secondary N) is 1. The fourth-order valence-corrected chi connectivity index (χ4v) is 19.8. The van der Waals surface area contributed by atoms with Crippen LogP contribution in [0.1, 0.15) is 92.2 Å². The highest BCUT2D eigenvalue weighted by molar-refractivity contribution is 7.89. The summed E-state index contributed by atoms with van der Waals surface area (Å²) in [5.74, 6) is -1.03. The predicted molar refractivity (Wildman–Crippen MR) is 399 cm³/mol. The van der Waals surface area contributed by atoms with Crippen molar-refractivity contribution in [3.8, 4) is 16.9 Å². The number of anilines is 1. The zero-order chi connectivity index (χ0) is 70.6. The second-order valence-electron chi connectivity index (χ2n) is 27.9. The van der Waals surface area contributed by atoms with Gasteiger partial charge in [-0.25, -0.2) is 30.0 Å². The molecule has 97 heavy (non-hydrogen) atoms. The highest BCUT2D eigenvalue weighted by Gasteiger charge is 2.44. The highest BCUT2D eigenvalue weighted by Crippen LogP contribution is 2.46. The monoisotopic (exact) mass is 1370 g/mol. The maximum Gasteiger partial charge on any atom is 0.569 e. The molecule has 3 atom stereocenters. The number of Topliss-reactive ketones (excluding diaryl/α,β-unsaturated/α-hetero) is 1. The summed E-state index contributed by atoms with van der Waals surface area (Å²) in [6.45, 7) is 20.7. The Balaban J connectivity index is 1.27. The molecule has 1 radical (unpaired) electrons. The summed E-state index contributed by atoms with van der Waals surface area (Å²) >= 11 is 0. The van der Waals surface area contributed by atoms with Crippen LogP contribution in [0.3, 0.4) is 0 Å². The second-order valence-corrected chi connectivity index (χ2v) is 36.8. The van der Waals surface area contributed by atoms with Crippen LogP contribution in [-0.2, 0) is 49.3 Å². The second kappa shape index (κ2) is 31.0. The van der Waals surface area contributed by atoms with Gasteiger partial charge in [-0.1, -0.05) is 87.3 Å². The van der Waals surface area contributed by atoms with Crippen molar-refractivity contribution in [2.24, 2.45) is 5.92 Å². The lowest BCUT2D eigenvalue weighted by atomic mass is 9.59. The van der Waals surface area contributed by atoms with Crippen LogP contribution in [0, 0.1) is 12.8 Å². The smallest absolute Gasteiger partial charge is 0.537 e. The van der Waals surface area contributed by atoms with Crippen LogP contribution in [0.15, 0.2) is 155 Å². The molecule has 3 unspecified atom stereocenters. The summed E-state index contributed by atoms with van der Waals surface area (Å²) in [6, 6.07) is 33.2. The van der Waals surface area contributed by atoms with Crippen LogP contribution in [0.25, 0.3) is 38.2 Å². The lowest BCUT2D eigenvalue weighted by Gasteiger charge is -2.39. The van der Waals surface area contributed by atoms with Crippen molar-refractivity contribution in [3.63, 3.8) is 0 Å². The van der Waals surface area contributed by atoms with Crippen LogP contribution in [0.2, 0.25) is 18.9 Å². The Labute approximate surface area is 577 Å². The lowest BCUT2D eigenvalue weighted by molar-refractivity contribution is -0.462. The third-order valence-electron chi connectivity index (χ3n) is 19.9. The first-order chi connectivity index (χ1) is 45.8. The summed E-state index contributed by atoms with van der Waals surface area (Å²) in [4.78, 5) is 32.6. The van der Waals surface area contributed by atoms with Crippen molar-refractivity contribution in [2.45, 2.75) is 114 Å². The van der Waals surface area contributed by atoms with E-state index in [9.17, 15) is 41.5 Å². The Hall–Kier alpha value is -7.08. The minimum atomic E-state index is -3.91. The van der Waals surface area contributed by atoms with Crippen molar-refractivity contribution in [1.82, 2.24) is 23.7 Å². The number of ketones is 1. The molecule has 3 aliphatic rings. The van der Waals surface area contributed by atoms with Gasteiger partial charge in [0.25, 0.3) is 0 Å². The van der Waals surface area contributed by atoms with Gasteiger partial charge >= 0.3 is 14.8 Å². The predicted octanol–water partition coefficient (Wildman–Crippen LogP) is 9.77. The zero-order valence-corrected chi connectivity index (χ0v) is 61.5. The fraction of sp³-hybridized carbons (Fsp3) is 0.400. The van der Waals surface area contributed by atoms with Gasteiger partial charge < -0.3 is 29.9 Å². The van der Waals surface area contributed by atoms with Gasteiger partial charge in [0, 0.05) is 117 Å². The summed E-state index contributed by atoms with van der Waals surface area (Å²) < 4.78 is 65.6. The molecule has 1 fully saturated rings. The van der Waals surface area contributed by atoms with E-state index in [4.69, 9.17) is 4.65 Å². The number of amides is 1. The Bertz CT molecular complexity index is 4410. The van der Waals surface area contributed by atoms with Crippen molar-refractivity contribution in [3.05, 3.63) is 184 Å². The minimum absolute atomic E-state index is 0.0183. The number of hydrogen-bond donors (Lipinski definition) is 4. The van der Waals surface area contributed by atoms with Gasteiger partial charge in [-0.2, -0.15) is 0 Å². The molecule has 0 spiro atoms. The van der Waals surface area contributed by atoms with E-state index in [1.807, 2.05) is 12.1 Å². The molecule has 4 N–H and O–H groups in total. The number of carbonyl (C=O) groups is 2. The number of benzene rings is 6. The fourth-order valence-electron chi connectivity index (χ4n) is 14.2. The number of nitrogens with zero attached hydrogens (tertiary/aromatic N) is 6. The molecule has 0 bridgehead atoms. The van der Waals surface area contributed by atoms with Crippen LogP contribution in [0.5, 0.6) is 5.75 Å². The zero-order valence-electron chi connectivity index (χ0n) is 58.9. The number of hydrogen-bond acceptors (Lipinski definition) is 13. The Morgan fingerprint density at radius 2 is 1.40 bits per heavy atom. The van der Waals surface area contributed by atoms with Gasteiger partial charge in [-0.05, 0) is 207 Å². The Morgan fingerprint density at radius 3 is 2.04 bits per heavy atom. The summed E-state index contributed by atoms with van der Waals surface area (Å²) in [5, 5.41) is 41.0. The SMILES string of the molecule is C=C(C)C(=O)CCCCN(Cc1cc(S(=O)(=O)N(C)C)ccc1O[B]O)Cc1c2ccccc2c(CN(CCCNC(=O)C(=C)C)CC2CC(S(=O)(=O)N(C)C)CCC2B(O)O)c2ccc(-c3ccc(C)c(C4=C5C=CC(=[N+](C)C)C=C5[Si](C)(C)c5cc(N(C)C)ccc54)c3)cc12. The molecule has 1 heterocycles. The number of allylic oxidation sites excluding steroid dienone is 6. The quantitative estimate of drug-likeness (QED) is 0.0114. The molecular weight excluding hydrogens is 1270 g/mol. The molecular formula is C75H97B2N7O10S2Si+. The average Bonchev–Trinajstić information content (AvgIpc) is 0.726. The van der Waals surface area contributed by atoms with E-state index in [-0.39, 0.29) is 35.3 Å². The van der Waals surface area contributed by atoms with E-state index < -0.39 is 52.2 Å². The molecule has 22 heteroatoms. The van der Waals surface area contributed by atoms with Gasteiger partial charge in [-0.15, -0.1) is 0 Å². The van der Waals surface area contributed by atoms with Crippen molar-refractivity contribution >= 4 is 98.3 Å². The van der Waals surface area contributed by atoms with Crippen molar-refractivity contribution in [2.75, 3.05) is 87.5 Å².